The third kappa shape index (κ3) is 4.32. The molecule has 0 spiro atoms. The van der Waals surface area contributed by atoms with Crippen molar-refractivity contribution in [3.05, 3.63) is 64.0 Å². The summed E-state index contributed by atoms with van der Waals surface area (Å²) in [6, 6.07) is 8.88. The number of nitrogens with one attached hydrogen (secondary N) is 2. The minimum Gasteiger partial charge on any atom is -0.459 e. The molecule has 5 nitrogen and oxygen atoms in total. The van der Waals surface area contributed by atoms with Crippen molar-refractivity contribution >= 4 is 33.8 Å². The van der Waals surface area contributed by atoms with Gasteiger partial charge in [-0.05, 0) is 42.3 Å². The maximum absolute atomic E-state index is 11.6. The van der Waals surface area contributed by atoms with Crippen LogP contribution < -0.4 is 10.9 Å². The van der Waals surface area contributed by atoms with Crippen LogP contribution >= 0.6 is 15.9 Å². The highest BCUT2D eigenvalue weighted by Crippen LogP contribution is 2.19. The molecule has 0 aliphatic heterocycles. The second kappa shape index (κ2) is 6.90. The van der Waals surface area contributed by atoms with Gasteiger partial charge in [0.15, 0.2) is 5.76 Å². The van der Waals surface area contributed by atoms with Gasteiger partial charge in [-0.2, -0.15) is 0 Å². The van der Waals surface area contributed by atoms with Crippen LogP contribution in [0.25, 0.3) is 6.08 Å². The van der Waals surface area contributed by atoms with E-state index in [2.05, 4.69) is 26.8 Å². The zero-order chi connectivity index (χ0) is 15.2. The average molecular weight is 349 g/mol. The summed E-state index contributed by atoms with van der Waals surface area (Å²) in [5.74, 6) is -0.832. The lowest BCUT2D eigenvalue weighted by atomic mass is 10.1. The number of hydrogen-bond donors (Lipinski definition) is 2. The summed E-state index contributed by atoms with van der Waals surface area (Å²) in [5.41, 5.74) is 6.51. The van der Waals surface area contributed by atoms with Crippen LogP contribution in [0.1, 0.15) is 21.7 Å². The third-order valence-corrected chi connectivity index (χ3v) is 3.30. The lowest BCUT2D eigenvalue weighted by Crippen LogP contribution is -2.40. The minimum atomic E-state index is -0.515. The van der Waals surface area contributed by atoms with Gasteiger partial charge in [0.2, 0.25) is 0 Å². The molecule has 0 saturated carbocycles. The molecule has 0 aliphatic carbocycles. The maximum Gasteiger partial charge on any atom is 0.305 e. The largest absolute Gasteiger partial charge is 0.459 e. The zero-order valence-corrected chi connectivity index (χ0v) is 12.8. The van der Waals surface area contributed by atoms with E-state index >= 15 is 0 Å². The fraction of sp³-hybridized carbons (Fsp3) is 0.0667. The van der Waals surface area contributed by atoms with Crippen LogP contribution in [-0.4, -0.2) is 11.8 Å². The number of carbonyl (C=O) groups excluding carboxylic acids is 2. The second-order valence-electron chi connectivity index (χ2n) is 4.28. The number of aryl methyl sites for hydroxylation is 1. The van der Waals surface area contributed by atoms with Crippen LogP contribution in [0.4, 0.5) is 0 Å². The zero-order valence-electron chi connectivity index (χ0n) is 11.2. The van der Waals surface area contributed by atoms with Gasteiger partial charge < -0.3 is 4.42 Å². The first-order chi connectivity index (χ1) is 10.1. The average Bonchev–Trinajstić information content (AvgIpc) is 2.98. The summed E-state index contributed by atoms with van der Waals surface area (Å²) in [7, 11) is 0. The predicted molar refractivity (Wildman–Crippen MR) is 82.2 cm³/mol. The topological polar surface area (TPSA) is 71.3 Å². The number of hydrogen-bond acceptors (Lipinski definition) is 3. The van der Waals surface area contributed by atoms with Gasteiger partial charge in [-0.15, -0.1) is 0 Å². The van der Waals surface area contributed by atoms with Crippen molar-refractivity contribution in [2.75, 3.05) is 0 Å². The summed E-state index contributed by atoms with van der Waals surface area (Å²) < 4.78 is 5.79. The Morgan fingerprint density at radius 3 is 2.71 bits per heavy atom. The molecule has 108 valence electrons. The molecule has 0 atom stereocenters. The van der Waals surface area contributed by atoms with E-state index in [4.69, 9.17) is 4.42 Å². The van der Waals surface area contributed by atoms with Gasteiger partial charge in [-0.3, -0.25) is 20.4 Å². The van der Waals surface area contributed by atoms with Crippen molar-refractivity contribution in [1.29, 1.82) is 0 Å². The van der Waals surface area contributed by atoms with Crippen LogP contribution in [0.5, 0.6) is 0 Å². The third-order valence-electron chi connectivity index (χ3n) is 2.61. The first-order valence-electron chi connectivity index (χ1n) is 6.14. The molecule has 2 N–H and O–H groups in total. The van der Waals surface area contributed by atoms with Gasteiger partial charge >= 0.3 is 5.91 Å². The van der Waals surface area contributed by atoms with E-state index in [1.807, 2.05) is 25.1 Å². The Morgan fingerprint density at radius 1 is 1.24 bits per heavy atom. The molecule has 2 amide bonds. The quantitative estimate of drug-likeness (QED) is 0.661. The fourth-order valence-corrected chi connectivity index (χ4v) is 2.19. The monoisotopic (exact) mass is 348 g/mol. The maximum atomic E-state index is 11.6. The number of halogens is 1. The van der Waals surface area contributed by atoms with Crippen LogP contribution in [0, 0.1) is 6.92 Å². The molecule has 2 aromatic rings. The number of hydrazine groups is 1. The number of amides is 2. The van der Waals surface area contributed by atoms with E-state index in [1.165, 1.54) is 18.4 Å². The molecule has 0 bridgehead atoms. The fourth-order valence-electron chi connectivity index (χ4n) is 1.56. The molecule has 0 aliphatic rings. The molecule has 0 fully saturated rings. The summed E-state index contributed by atoms with van der Waals surface area (Å²) in [4.78, 5) is 23.1. The molecule has 21 heavy (non-hydrogen) atoms. The lowest BCUT2D eigenvalue weighted by molar-refractivity contribution is -0.117. The van der Waals surface area contributed by atoms with Gasteiger partial charge in [0.25, 0.3) is 5.91 Å². The van der Waals surface area contributed by atoms with Crippen LogP contribution in [0.3, 0.4) is 0 Å². The van der Waals surface area contributed by atoms with Crippen molar-refractivity contribution in [3.63, 3.8) is 0 Å². The molecule has 1 heterocycles. The summed E-state index contributed by atoms with van der Waals surface area (Å²) >= 11 is 3.42. The highest BCUT2D eigenvalue weighted by molar-refractivity contribution is 9.10. The predicted octanol–water partition coefficient (Wildman–Crippen LogP) is 2.82. The summed E-state index contributed by atoms with van der Waals surface area (Å²) in [6.45, 7) is 1.98. The molecule has 6 heteroatoms. The first kappa shape index (κ1) is 15.1. The van der Waals surface area contributed by atoms with E-state index in [0.29, 0.717) is 0 Å². The smallest absolute Gasteiger partial charge is 0.305 e. The van der Waals surface area contributed by atoms with Gasteiger partial charge in [0.05, 0.1) is 6.26 Å². The summed E-state index contributed by atoms with van der Waals surface area (Å²) in [5, 5.41) is 0. The lowest BCUT2D eigenvalue weighted by Gasteiger charge is -2.03. The van der Waals surface area contributed by atoms with Crippen molar-refractivity contribution in [1.82, 2.24) is 10.9 Å². The van der Waals surface area contributed by atoms with Crippen molar-refractivity contribution in [2.45, 2.75) is 6.92 Å². The van der Waals surface area contributed by atoms with Crippen molar-refractivity contribution < 1.29 is 14.0 Å². The number of furan rings is 1. The van der Waals surface area contributed by atoms with E-state index in [9.17, 15) is 9.59 Å². The second-order valence-corrected chi connectivity index (χ2v) is 5.13. The van der Waals surface area contributed by atoms with Gasteiger partial charge in [-0.1, -0.05) is 28.1 Å². The van der Waals surface area contributed by atoms with Crippen LogP contribution in [0.2, 0.25) is 0 Å². The SMILES string of the molecule is Cc1ccc(C=CC(=O)NNC(=O)c2ccco2)c(Br)c1. The van der Waals surface area contributed by atoms with Gasteiger partial charge in [0, 0.05) is 10.5 Å². The highest BCUT2D eigenvalue weighted by Gasteiger charge is 2.08. The molecule has 2 rings (SSSR count). The molecular weight excluding hydrogens is 336 g/mol. The molecule has 1 aromatic carbocycles. The van der Waals surface area contributed by atoms with Gasteiger partial charge in [-0.25, -0.2) is 0 Å². The molecule has 0 unspecified atom stereocenters. The molecule has 1 aromatic heterocycles. The Hall–Kier alpha value is -2.34. The van der Waals surface area contributed by atoms with E-state index in [-0.39, 0.29) is 5.76 Å². The number of rotatable bonds is 3. The Labute approximate surface area is 130 Å². The Bertz CT molecular complexity index is 678. The standard InChI is InChI=1S/C15H13BrN2O3/c1-10-4-5-11(12(16)9-10)6-7-14(19)17-18-15(20)13-3-2-8-21-13/h2-9H,1H3,(H,17,19)(H,18,20). The molecule has 0 saturated heterocycles. The molecular formula is C15H13BrN2O3. The number of benzene rings is 1. The van der Waals surface area contributed by atoms with Crippen LogP contribution in [-0.2, 0) is 4.79 Å². The molecule has 0 radical (unpaired) electrons. The van der Waals surface area contributed by atoms with Gasteiger partial charge in [0.1, 0.15) is 0 Å². The normalized spacial score (nSPS) is 10.6. The van der Waals surface area contributed by atoms with Crippen LogP contribution in [0.15, 0.2) is 51.6 Å². The Balaban J connectivity index is 1.89. The highest BCUT2D eigenvalue weighted by atomic mass is 79.9. The van der Waals surface area contributed by atoms with E-state index in [1.54, 1.807) is 12.1 Å². The summed E-state index contributed by atoms with van der Waals surface area (Å²) in [6.07, 6.45) is 4.36. The Kier molecular flexibility index (Phi) is 4.94. The van der Waals surface area contributed by atoms with E-state index < -0.39 is 11.8 Å². The van der Waals surface area contributed by atoms with Crippen molar-refractivity contribution in [2.24, 2.45) is 0 Å². The minimum absolute atomic E-state index is 0.126. The number of carbonyl (C=O) groups is 2. The van der Waals surface area contributed by atoms with Crippen molar-refractivity contribution in [3.8, 4) is 0 Å². The Morgan fingerprint density at radius 2 is 2.05 bits per heavy atom. The first-order valence-corrected chi connectivity index (χ1v) is 6.93. The van der Waals surface area contributed by atoms with E-state index in [0.717, 1.165) is 15.6 Å².